The third-order valence-corrected chi connectivity index (χ3v) is 6.16. The predicted octanol–water partition coefficient (Wildman–Crippen LogP) is 4.57. The summed E-state index contributed by atoms with van der Waals surface area (Å²) in [5.74, 6) is 1.06. The number of hydrogen-bond donors (Lipinski definition) is 0. The van der Waals surface area contributed by atoms with E-state index in [0.717, 1.165) is 37.0 Å². The van der Waals surface area contributed by atoms with Crippen molar-refractivity contribution in [3.8, 4) is 16.9 Å². The minimum atomic E-state index is 0.785. The van der Waals surface area contributed by atoms with E-state index in [1.165, 1.54) is 55.3 Å². The molecule has 0 saturated heterocycles. The molecule has 4 nitrogen and oxygen atoms in total. The first-order valence-corrected chi connectivity index (χ1v) is 10.3. The van der Waals surface area contributed by atoms with Gasteiger partial charge in [0, 0.05) is 31.2 Å². The first-order valence-electron chi connectivity index (χ1n) is 10.3. The van der Waals surface area contributed by atoms with Crippen molar-refractivity contribution in [1.29, 1.82) is 0 Å². The standard InChI is InChI=1S/C23H27N3O/c1-2-12-25(21-5-3-6-21)14-15-27-22-16-19(8-7-18(22)4-1)20-9-10-23-24-11-13-26(23)17-20/h7-11,13,16-17,21H,1-6,12,14-15H2. The molecule has 140 valence electrons. The highest BCUT2D eigenvalue weighted by Gasteiger charge is 2.24. The molecule has 0 radical (unpaired) electrons. The van der Waals surface area contributed by atoms with E-state index >= 15 is 0 Å². The van der Waals surface area contributed by atoms with Crippen LogP contribution in [-0.2, 0) is 6.42 Å². The highest BCUT2D eigenvalue weighted by atomic mass is 16.5. The van der Waals surface area contributed by atoms with Crippen LogP contribution in [0.2, 0.25) is 0 Å². The molecule has 1 fully saturated rings. The van der Waals surface area contributed by atoms with Gasteiger partial charge in [0.15, 0.2) is 0 Å². The summed E-state index contributed by atoms with van der Waals surface area (Å²) in [6.07, 6.45) is 13.7. The number of benzene rings is 1. The van der Waals surface area contributed by atoms with E-state index in [-0.39, 0.29) is 0 Å². The van der Waals surface area contributed by atoms with E-state index in [1.807, 2.05) is 12.4 Å². The average Bonchev–Trinajstić information content (AvgIpc) is 3.12. The van der Waals surface area contributed by atoms with Gasteiger partial charge in [-0.25, -0.2) is 4.98 Å². The smallest absolute Gasteiger partial charge is 0.136 e. The molecule has 0 spiro atoms. The molecule has 0 bridgehead atoms. The summed E-state index contributed by atoms with van der Waals surface area (Å²) in [5.41, 5.74) is 4.72. The molecule has 5 rings (SSSR count). The fourth-order valence-electron chi connectivity index (χ4n) is 4.30. The minimum absolute atomic E-state index is 0.785. The Kier molecular flexibility index (Phi) is 4.58. The van der Waals surface area contributed by atoms with Crippen LogP contribution in [0.25, 0.3) is 16.8 Å². The van der Waals surface area contributed by atoms with Crippen molar-refractivity contribution < 1.29 is 4.74 Å². The summed E-state index contributed by atoms with van der Waals surface area (Å²) in [6.45, 7) is 3.06. The lowest BCUT2D eigenvalue weighted by Gasteiger charge is -2.38. The van der Waals surface area contributed by atoms with Gasteiger partial charge in [0.1, 0.15) is 18.0 Å². The normalized spacial score (nSPS) is 19.3. The number of rotatable bonds is 2. The molecular formula is C23H27N3O. The van der Waals surface area contributed by atoms with E-state index in [4.69, 9.17) is 4.74 Å². The summed E-state index contributed by atoms with van der Waals surface area (Å²) in [7, 11) is 0. The zero-order chi connectivity index (χ0) is 18.1. The van der Waals surface area contributed by atoms with Crippen LogP contribution < -0.4 is 4.74 Å². The molecule has 0 atom stereocenters. The van der Waals surface area contributed by atoms with Crippen LogP contribution in [-0.4, -0.2) is 40.0 Å². The third-order valence-electron chi connectivity index (χ3n) is 6.16. The molecule has 1 aromatic carbocycles. The third kappa shape index (κ3) is 3.46. The molecule has 0 N–H and O–H groups in total. The van der Waals surface area contributed by atoms with Crippen LogP contribution >= 0.6 is 0 Å². The SMILES string of the molecule is c1cn2cc(-c3ccc4c(c3)OCCN(C3CCC3)CCCC4)ccc2n1. The number of fused-ring (bicyclic) bond motifs is 2. The van der Waals surface area contributed by atoms with Crippen molar-refractivity contribution in [3.05, 3.63) is 54.5 Å². The van der Waals surface area contributed by atoms with Gasteiger partial charge >= 0.3 is 0 Å². The molecule has 4 heteroatoms. The van der Waals surface area contributed by atoms with Crippen molar-refractivity contribution in [2.75, 3.05) is 19.7 Å². The Labute approximate surface area is 160 Å². The lowest BCUT2D eigenvalue weighted by atomic mass is 9.91. The number of imidazole rings is 1. The van der Waals surface area contributed by atoms with Gasteiger partial charge in [-0.1, -0.05) is 18.6 Å². The molecule has 1 saturated carbocycles. The van der Waals surface area contributed by atoms with Crippen LogP contribution in [0, 0.1) is 0 Å². The fraction of sp³-hybridized carbons (Fsp3) is 0.435. The van der Waals surface area contributed by atoms with Crippen molar-refractivity contribution in [2.24, 2.45) is 0 Å². The van der Waals surface area contributed by atoms with Crippen LogP contribution in [0.3, 0.4) is 0 Å². The van der Waals surface area contributed by atoms with E-state index in [9.17, 15) is 0 Å². The molecular weight excluding hydrogens is 334 g/mol. The Bertz CT molecular complexity index is 928. The van der Waals surface area contributed by atoms with Gasteiger partial charge in [-0.15, -0.1) is 0 Å². The summed E-state index contributed by atoms with van der Waals surface area (Å²) < 4.78 is 8.35. The highest BCUT2D eigenvalue weighted by molar-refractivity contribution is 5.67. The Morgan fingerprint density at radius 3 is 2.78 bits per heavy atom. The Morgan fingerprint density at radius 1 is 0.963 bits per heavy atom. The monoisotopic (exact) mass is 361 g/mol. The maximum Gasteiger partial charge on any atom is 0.136 e. The van der Waals surface area contributed by atoms with Gasteiger partial charge in [-0.2, -0.15) is 0 Å². The first-order chi connectivity index (χ1) is 13.4. The highest BCUT2D eigenvalue weighted by Crippen LogP contribution is 2.30. The van der Waals surface area contributed by atoms with E-state index < -0.39 is 0 Å². The predicted molar refractivity (Wildman–Crippen MR) is 108 cm³/mol. The van der Waals surface area contributed by atoms with Gasteiger partial charge in [-0.05, 0) is 73.5 Å². The Balaban J connectivity index is 1.39. The van der Waals surface area contributed by atoms with Crippen LogP contribution in [0.15, 0.2) is 48.9 Å². The largest absolute Gasteiger partial charge is 0.492 e. The van der Waals surface area contributed by atoms with Crippen molar-refractivity contribution in [2.45, 2.75) is 44.6 Å². The maximum atomic E-state index is 6.29. The number of ether oxygens (including phenoxy) is 1. The van der Waals surface area contributed by atoms with Gasteiger partial charge < -0.3 is 9.14 Å². The minimum Gasteiger partial charge on any atom is -0.492 e. The van der Waals surface area contributed by atoms with Crippen LogP contribution in [0.1, 0.15) is 37.7 Å². The number of pyridine rings is 1. The second-order valence-electron chi connectivity index (χ2n) is 7.86. The van der Waals surface area contributed by atoms with E-state index in [2.05, 4.69) is 50.8 Å². The molecule has 1 aliphatic heterocycles. The molecule has 3 aromatic rings. The zero-order valence-electron chi connectivity index (χ0n) is 15.8. The summed E-state index contributed by atoms with van der Waals surface area (Å²) in [6, 6.07) is 11.7. The summed E-state index contributed by atoms with van der Waals surface area (Å²) in [4.78, 5) is 6.99. The van der Waals surface area contributed by atoms with Crippen LogP contribution in [0.5, 0.6) is 5.75 Å². The molecule has 0 amide bonds. The van der Waals surface area contributed by atoms with E-state index in [0.29, 0.717) is 0 Å². The first kappa shape index (κ1) is 16.8. The van der Waals surface area contributed by atoms with Crippen molar-refractivity contribution in [1.82, 2.24) is 14.3 Å². The van der Waals surface area contributed by atoms with Crippen molar-refractivity contribution in [3.63, 3.8) is 0 Å². The average molecular weight is 361 g/mol. The maximum absolute atomic E-state index is 6.29. The second-order valence-corrected chi connectivity index (χ2v) is 7.86. The number of hydrogen-bond acceptors (Lipinski definition) is 3. The Morgan fingerprint density at radius 2 is 1.89 bits per heavy atom. The number of aromatic nitrogens is 2. The molecule has 0 unspecified atom stereocenters. The van der Waals surface area contributed by atoms with Crippen molar-refractivity contribution >= 4 is 5.65 Å². The van der Waals surface area contributed by atoms with Gasteiger partial charge in [0.05, 0.1) is 0 Å². The summed E-state index contributed by atoms with van der Waals surface area (Å²) in [5, 5.41) is 0. The number of aryl methyl sites for hydroxylation is 1. The topological polar surface area (TPSA) is 29.8 Å². The quantitative estimate of drug-likeness (QED) is 0.670. The van der Waals surface area contributed by atoms with Crippen LogP contribution in [0.4, 0.5) is 0 Å². The van der Waals surface area contributed by atoms with Gasteiger partial charge in [0.2, 0.25) is 0 Å². The lowest BCUT2D eigenvalue weighted by molar-refractivity contribution is 0.103. The van der Waals surface area contributed by atoms with Gasteiger partial charge in [0.25, 0.3) is 0 Å². The second kappa shape index (κ2) is 7.35. The Hall–Kier alpha value is -2.33. The number of nitrogens with zero attached hydrogens (tertiary/aromatic N) is 3. The molecule has 2 aliphatic rings. The molecule has 1 aliphatic carbocycles. The van der Waals surface area contributed by atoms with E-state index in [1.54, 1.807) is 0 Å². The zero-order valence-corrected chi connectivity index (χ0v) is 15.8. The van der Waals surface area contributed by atoms with Gasteiger partial charge in [-0.3, -0.25) is 4.90 Å². The lowest BCUT2D eigenvalue weighted by Crippen LogP contribution is -2.43. The summed E-state index contributed by atoms with van der Waals surface area (Å²) >= 11 is 0. The molecule has 2 aromatic heterocycles. The fourth-order valence-corrected chi connectivity index (χ4v) is 4.30. The molecule has 3 heterocycles. The molecule has 27 heavy (non-hydrogen) atoms.